The van der Waals surface area contributed by atoms with Crippen molar-refractivity contribution in [1.82, 2.24) is 20.0 Å². The summed E-state index contributed by atoms with van der Waals surface area (Å²) in [4.78, 5) is 17.4. The second-order valence-corrected chi connectivity index (χ2v) is 7.57. The third kappa shape index (κ3) is 2.80. The number of rotatable bonds is 3. The third-order valence-corrected chi connectivity index (χ3v) is 6.09. The van der Waals surface area contributed by atoms with Crippen molar-refractivity contribution in [3.05, 3.63) is 17.0 Å². The minimum absolute atomic E-state index is 0.109. The van der Waals surface area contributed by atoms with Gasteiger partial charge in [-0.2, -0.15) is 5.10 Å². The van der Waals surface area contributed by atoms with Crippen LogP contribution in [-0.2, 0) is 12.8 Å². The van der Waals surface area contributed by atoms with Gasteiger partial charge in [-0.1, -0.05) is 6.42 Å². The summed E-state index contributed by atoms with van der Waals surface area (Å²) in [6.07, 6.45) is 9.73. The van der Waals surface area contributed by atoms with Crippen molar-refractivity contribution in [1.29, 1.82) is 0 Å². The SMILES string of the molecule is CN(CC1CCCN2CCCCC12)C(=O)c1n[nH]c2c1CCC2. The van der Waals surface area contributed by atoms with Crippen LogP contribution < -0.4 is 0 Å². The van der Waals surface area contributed by atoms with Crippen molar-refractivity contribution >= 4 is 5.91 Å². The van der Waals surface area contributed by atoms with E-state index in [-0.39, 0.29) is 5.91 Å². The number of aromatic nitrogens is 2. The highest BCUT2D eigenvalue weighted by Crippen LogP contribution is 2.31. The minimum Gasteiger partial charge on any atom is -0.340 e. The van der Waals surface area contributed by atoms with Gasteiger partial charge in [0.25, 0.3) is 5.91 Å². The number of aromatic amines is 1. The molecule has 2 fully saturated rings. The monoisotopic (exact) mass is 316 g/mol. The topological polar surface area (TPSA) is 52.2 Å². The Hall–Kier alpha value is -1.36. The van der Waals surface area contributed by atoms with Gasteiger partial charge in [0.15, 0.2) is 5.69 Å². The summed E-state index contributed by atoms with van der Waals surface area (Å²) in [5.41, 5.74) is 3.03. The number of H-pyrrole nitrogens is 1. The molecule has 1 amide bonds. The number of amides is 1. The van der Waals surface area contributed by atoms with E-state index in [2.05, 4.69) is 15.1 Å². The van der Waals surface area contributed by atoms with Crippen molar-refractivity contribution in [2.45, 2.75) is 57.4 Å². The molecular weight excluding hydrogens is 288 g/mol. The molecule has 0 saturated carbocycles. The molecule has 1 N–H and O–H groups in total. The molecule has 3 aliphatic rings. The number of fused-ring (bicyclic) bond motifs is 2. The van der Waals surface area contributed by atoms with Gasteiger partial charge < -0.3 is 9.80 Å². The quantitative estimate of drug-likeness (QED) is 0.930. The van der Waals surface area contributed by atoms with Crippen LogP contribution in [0.5, 0.6) is 0 Å². The number of carbonyl (C=O) groups is 1. The fourth-order valence-electron chi connectivity index (χ4n) is 4.90. The summed E-state index contributed by atoms with van der Waals surface area (Å²) in [5.74, 6) is 0.738. The van der Waals surface area contributed by atoms with Crippen LogP contribution in [-0.4, -0.2) is 58.6 Å². The zero-order chi connectivity index (χ0) is 15.8. The summed E-state index contributed by atoms with van der Waals surface area (Å²) in [6.45, 7) is 3.39. The Balaban J connectivity index is 1.44. The Morgan fingerprint density at radius 1 is 1.22 bits per heavy atom. The Kier molecular flexibility index (Phi) is 4.14. The van der Waals surface area contributed by atoms with Gasteiger partial charge in [0, 0.05) is 30.9 Å². The van der Waals surface area contributed by atoms with Crippen molar-refractivity contribution in [3.8, 4) is 0 Å². The summed E-state index contributed by atoms with van der Waals surface area (Å²) in [5, 5.41) is 7.37. The first-order chi connectivity index (χ1) is 11.2. The fourth-order valence-corrected chi connectivity index (χ4v) is 4.90. The maximum absolute atomic E-state index is 12.8. The molecule has 1 aromatic heterocycles. The second kappa shape index (κ2) is 6.27. The second-order valence-electron chi connectivity index (χ2n) is 7.57. The average Bonchev–Trinajstić information content (AvgIpc) is 3.18. The average molecular weight is 316 g/mol. The molecule has 2 aliphatic heterocycles. The molecule has 1 aliphatic carbocycles. The van der Waals surface area contributed by atoms with Gasteiger partial charge >= 0.3 is 0 Å². The first-order valence-electron chi connectivity index (χ1n) is 9.29. The smallest absolute Gasteiger partial charge is 0.274 e. The van der Waals surface area contributed by atoms with Crippen molar-refractivity contribution in [2.75, 3.05) is 26.7 Å². The highest BCUT2D eigenvalue weighted by atomic mass is 16.2. The van der Waals surface area contributed by atoms with Crippen LogP contribution in [0.4, 0.5) is 0 Å². The standard InChI is InChI=1S/C18H28N4O/c1-21(18(23)17-14-7-4-8-15(14)19-20-17)12-13-6-5-11-22-10-3-2-9-16(13)22/h13,16H,2-12H2,1H3,(H,19,20). The molecule has 2 atom stereocenters. The zero-order valence-corrected chi connectivity index (χ0v) is 14.2. The van der Waals surface area contributed by atoms with Crippen LogP contribution in [0.25, 0.3) is 0 Å². The Labute approximate surface area is 138 Å². The van der Waals surface area contributed by atoms with Crippen molar-refractivity contribution < 1.29 is 4.79 Å². The highest BCUT2D eigenvalue weighted by molar-refractivity contribution is 5.94. The van der Waals surface area contributed by atoms with E-state index in [1.54, 1.807) is 0 Å². The molecule has 0 aromatic carbocycles. The predicted octanol–water partition coefficient (Wildman–Crippen LogP) is 2.23. The van der Waals surface area contributed by atoms with Crippen molar-refractivity contribution in [3.63, 3.8) is 0 Å². The van der Waals surface area contributed by atoms with Crippen molar-refractivity contribution in [2.24, 2.45) is 5.92 Å². The molecule has 5 nitrogen and oxygen atoms in total. The van der Waals surface area contributed by atoms with Crippen LogP contribution in [0.2, 0.25) is 0 Å². The highest BCUT2D eigenvalue weighted by Gasteiger charge is 2.35. The molecule has 5 heteroatoms. The summed E-state index contributed by atoms with van der Waals surface area (Å²) >= 11 is 0. The lowest BCUT2D eigenvalue weighted by Crippen LogP contribution is -2.51. The van der Waals surface area contributed by atoms with Crippen LogP contribution in [0.3, 0.4) is 0 Å². The van der Waals surface area contributed by atoms with Gasteiger partial charge in [0.05, 0.1) is 0 Å². The molecule has 4 rings (SSSR count). The number of hydrogen-bond donors (Lipinski definition) is 1. The number of carbonyl (C=O) groups excluding carboxylic acids is 1. The van der Waals surface area contributed by atoms with Gasteiger partial charge in [-0.3, -0.25) is 9.89 Å². The largest absolute Gasteiger partial charge is 0.340 e. The van der Waals surface area contributed by atoms with Crippen LogP contribution >= 0.6 is 0 Å². The van der Waals surface area contributed by atoms with Gasteiger partial charge in [0.2, 0.25) is 0 Å². The molecule has 0 radical (unpaired) electrons. The molecule has 1 aromatic rings. The Morgan fingerprint density at radius 3 is 3.00 bits per heavy atom. The van der Waals surface area contributed by atoms with E-state index in [4.69, 9.17) is 0 Å². The van der Waals surface area contributed by atoms with E-state index in [1.165, 1.54) is 56.5 Å². The van der Waals surface area contributed by atoms with E-state index in [9.17, 15) is 4.79 Å². The maximum atomic E-state index is 12.8. The van der Waals surface area contributed by atoms with E-state index in [1.807, 2.05) is 11.9 Å². The summed E-state index contributed by atoms with van der Waals surface area (Å²) in [7, 11) is 1.96. The Bertz CT molecular complexity index is 580. The lowest BCUT2D eigenvalue weighted by Gasteiger charge is -2.45. The number of nitrogens with zero attached hydrogens (tertiary/aromatic N) is 3. The third-order valence-electron chi connectivity index (χ3n) is 6.09. The van der Waals surface area contributed by atoms with Gasteiger partial charge in [-0.25, -0.2) is 0 Å². The number of aryl methyl sites for hydroxylation is 1. The first-order valence-corrected chi connectivity index (χ1v) is 9.29. The number of hydrogen-bond acceptors (Lipinski definition) is 3. The van der Waals surface area contributed by atoms with Crippen LogP contribution in [0, 0.1) is 5.92 Å². The van der Waals surface area contributed by atoms with Crippen LogP contribution in [0.15, 0.2) is 0 Å². The van der Waals surface area contributed by atoms with Gasteiger partial charge in [0.1, 0.15) is 0 Å². The minimum atomic E-state index is 0.109. The van der Waals surface area contributed by atoms with E-state index < -0.39 is 0 Å². The van der Waals surface area contributed by atoms with E-state index >= 15 is 0 Å². The van der Waals surface area contributed by atoms with E-state index in [0.29, 0.717) is 17.7 Å². The molecule has 2 saturated heterocycles. The van der Waals surface area contributed by atoms with Gasteiger partial charge in [-0.05, 0) is 64.0 Å². The lowest BCUT2D eigenvalue weighted by atomic mass is 9.83. The normalized spacial score (nSPS) is 27.5. The molecule has 0 bridgehead atoms. The number of piperidine rings is 2. The molecule has 23 heavy (non-hydrogen) atoms. The summed E-state index contributed by atoms with van der Waals surface area (Å²) in [6, 6.07) is 0.692. The fraction of sp³-hybridized carbons (Fsp3) is 0.778. The Morgan fingerprint density at radius 2 is 2.09 bits per heavy atom. The molecule has 0 spiro atoms. The molecule has 126 valence electrons. The lowest BCUT2D eigenvalue weighted by molar-refractivity contribution is 0.0400. The zero-order valence-electron chi connectivity index (χ0n) is 14.2. The summed E-state index contributed by atoms with van der Waals surface area (Å²) < 4.78 is 0. The molecule has 3 heterocycles. The van der Waals surface area contributed by atoms with E-state index in [0.717, 1.165) is 25.8 Å². The molecular formula is C18H28N4O. The number of nitrogens with one attached hydrogen (secondary N) is 1. The first kappa shape index (κ1) is 15.2. The maximum Gasteiger partial charge on any atom is 0.274 e. The van der Waals surface area contributed by atoms with Gasteiger partial charge in [-0.15, -0.1) is 0 Å². The van der Waals surface area contributed by atoms with Crippen LogP contribution in [0.1, 0.15) is 60.3 Å². The molecule has 2 unspecified atom stereocenters. The predicted molar refractivity (Wildman–Crippen MR) is 89.5 cm³/mol.